The van der Waals surface area contributed by atoms with Gasteiger partial charge in [-0.3, -0.25) is 9.59 Å². The van der Waals surface area contributed by atoms with Crippen molar-refractivity contribution in [3.63, 3.8) is 0 Å². The molecule has 1 unspecified atom stereocenters. The fourth-order valence-electron chi connectivity index (χ4n) is 3.77. The first-order chi connectivity index (χ1) is 13.6. The summed E-state index contributed by atoms with van der Waals surface area (Å²) in [6.07, 6.45) is 5.43. The Morgan fingerprint density at radius 1 is 1.14 bits per heavy atom. The quantitative estimate of drug-likeness (QED) is 0.784. The van der Waals surface area contributed by atoms with Crippen molar-refractivity contribution in [1.82, 2.24) is 15.3 Å². The fourth-order valence-corrected chi connectivity index (χ4v) is 4.16. The minimum Gasteiger partial charge on any atom is -0.353 e. The van der Waals surface area contributed by atoms with Crippen molar-refractivity contribution in [3.8, 4) is 0 Å². The van der Waals surface area contributed by atoms with E-state index in [9.17, 15) is 9.59 Å². The highest BCUT2D eigenvalue weighted by molar-refractivity contribution is 9.10. The molecule has 0 aliphatic carbocycles. The molecule has 2 aliphatic heterocycles. The van der Waals surface area contributed by atoms with Gasteiger partial charge < -0.3 is 15.1 Å². The number of amides is 2. The van der Waals surface area contributed by atoms with E-state index in [0.29, 0.717) is 6.54 Å². The first-order valence-electron chi connectivity index (χ1n) is 9.48. The lowest BCUT2D eigenvalue weighted by Crippen LogP contribution is -2.47. The van der Waals surface area contributed by atoms with Crippen LogP contribution in [-0.4, -0.2) is 47.5 Å². The van der Waals surface area contributed by atoms with Crippen LogP contribution in [0.15, 0.2) is 47.2 Å². The fraction of sp³-hybridized carbons (Fsp3) is 0.400. The van der Waals surface area contributed by atoms with E-state index < -0.39 is 0 Å². The predicted molar refractivity (Wildman–Crippen MR) is 110 cm³/mol. The molecule has 0 saturated carbocycles. The summed E-state index contributed by atoms with van der Waals surface area (Å²) in [5, 5.41) is 3.14. The molecule has 2 amide bonds. The number of halogens is 1. The van der Waals surface area contributed by atoms with E-state index in [1.807, 2.05) is 24.3 Å². The Morgan fingerprint density at radius 3 is 2.61 bits per heavy atom. The highest BCUT2D eigenvalue weighted by Crippen LogP contribution is 2.27. The van der Waals surface area contributed by atoms with Crippen LogP contribution in [0.25, 0.3) is 0 Å². The molecule has 2 saturated heterocycles. The zero-order chi connectivity index (χ0) is 19.5. The Hall–Kier alpha value is -2.48. The monoisotopic (exact) mass is 443 g/mol. The van der Waals surface area contributed by atoms with Crippen LogP contribution in [0.2, 0.25) is 0 Å². The summed E-state index contributed by atoms with van der Waals surface area (Å²) in [5.74, 6) is 0.398. The van der Waals surface area contributed by atoms with E-state index in [0.717, 1.165) is 42.0 Å². The number of hydrogen-bond acceptors (Lipinski definition) is 5. The molecule has 0 bridgehead atoms. The van der Waals surface area contributed by atoms with Gasteiger partial charge in [0.05, 0.1) is 5.92 Å². The molecule has 7 nitrogen and oxygen atoms in total. The van der Waals surface area contributed by atoms with E-state index in [2.05, 4.69) is 36.1 Å². The minimum absolute atomic E-state index is 0.00528. The topological polar surface area (TPSA) is 78.4 Å². The van der Waals surface area contributed by atoms with E-state index in [4.69, 9.17) is 0 Å². The van der Waals surface area contributed by atoms with E-state index >= 15 is 0 Å². The standard InChI is InChI=1S/C20H22BrN5O2/c21-15-3-1-4-17(12-15)26-13-14(11-18(26)27)19(28)24-16-5-9-25(10-6-16)20-22-7-2-8-23-20/h1-4,7-8,12,14,16H,5-6,9-11,13H2,(H,24,28). The lowest BCUT2D eigenvalue weighted by atomic mass is 10.0. The molecular weight excluding hydrogens is 422 g/mol. The molecule has 4 rings (SSSR count). The van der Waals surface area contributed by atoms with Crippen LogP contribution in [0.5, 0.6) is 0 Å². The van der Waals surface area contributed by atoms with Crippen LogP contribution in [0, 0.1) is 5.92 Å². The summed E-state index contributed by atoms with van der Waals surface area (Å²) in [6, 6.07) is 9.54. The Morgan fingerprint density at radius 2 is 1.89 bits per heavy atom. The van der Waals surface area contributed by atoms with Crippen molar-refractivity contribution in [2.75, 3.05) is 29.4 Å². The third kappa shape index (κ3) is 4.16. The maximum absolute atomic E-state index is 12.7. The van der Waals surface area contributed by atoms with Crippen LogP contribution in [0.4, 0.5) is 11.6 Å². The highest BCUT2D eigenvalue weighted by atomic mass is 79.9. The highest BCUT2D eigenvalue weighted by Gasteiger charge is 2.36. The van der Waals surface area contributed by atoms with E-state index in [1.165, 1.54) is 0 Å². The molecule has 146 valence electrons. The molecule has 1 N–H and O–H groups in total. The lowest BCUT2D eigenvalue weighted by Gasteiger charge is -2.32. The van der Waals surface area contributed by atoms with Gasteiger partial charge in [0.2, 0.25) is 17.8 Å². The Labute approximate surface area is 172 Å². The molecule has 2 aromatic rings. The molecule has 3 heterocycles. The van der Waals surface area contributed by atoms with Crippen LogP contribution < -0.4 is 15.1 Å². The number of rotatable bonds is 4. The summed E-state index contributed by atoms with van der Waals surface area (Å²) >= 11 is 3.43. The van der Waals surface area contributed by atoms with Crippen LogP contribution >= 0.6 is 15.9 Å². The summed E-state index contributed by atoms with van der Waals surface area (Å²) in [7, 11) is 0. The maximum Gasteiger partial charge on any atom is 0.227 e. The van der Waals surface area contributed by atoms with Gasteiger partial charge in [0.1, 0.15) is 0 Å². The largest absolute Gasteiger partial charge is 0.353 e. The number of piperidine rings is 1. The first-order valence-corrected chi connectivity index (χ1v) is 10.3. The van der Waals surface area contributed by atoms with Crippen LogP contribution in [0.3, 0.4) is 0 Å². The zero-order valence-electron chi connectivity index (χ0n) is 15.4. The van der Waals surface area contributed by atoms with Crippen LogP contribution in [0.1, 0.15) is 19.3 Å². The third-order valence-corrected chi connectivity index (χ3v) is 5.79. The van der Waals surface area contributed by atoms with Gasteiger partial charge in [-0.05, 0) is 37.1 Å². The molecule has 1 aromatic carbocycles. The second-order valence-corrected chi connectivity index (χ2v) is 8.12. The van der Waals surface area contributed by atoms with Gasteiger partial charge in [0.25, 0.3) is 0 Å². The van der Waals surface area contributed by atoms with Gasteiger partial charge >= 0.3 is 0 Å². The SMILES string of the molecule is O=C(NC1CCN(c2ncccn2)CC1)C1CC(=O)N(c2cccc(Br)c2)C1. The molecular formula is C20H22BrN5O2. The second-order valence-electron chi connectivity index (χ2n) is 7.20. The summed E-state index contributed by atoms with van der Waals surface area (Å²) < 4.78 is 0.917. The average Bonchev–Trinajstić information content (AvgIpc) is 3.11. The third-order valence-electron chi connectivity index (χ3n) is 5.29. The number of anilines is 2. The van der Waals surface area contributed by atoms with Crippen molar-refractivity contribution in [1.29, 1.82) is 0 Å². The van der Waals surface area contributed by atoms with Crippen molar-refractivity contribution < 1.29 is 9.59 Å². The van der Waals surface area contributed by atoms with Crippen molar-refractivity contribution in [3.05, 3.63) is 47.2 Å². The number of hydrogen-bond donors (Lipinski definition) is 1. The van der Waals surface area contributed by atoms with Crippen molar-refractivity contribution >= 4 is 39.4 Å². The summed E-state index contributed by atoms with van der Waals surface area (Å²) in [4.78, 5) is 37.5. The number of nitrogens with zero attached hydrogens (tertiary/aromatic N) is 4. The average molecular weight is 444 g/mol. The van der Waals surface area contributed by atoms with Gasteiger partial charge in [-0.15, -0.1) is 0 Å². The number of carbonyl (C=O) groups excluding carboxylic acids is 2. The molecule has 2 aliphatic rings. The molecule has 8 heteroatoms. The van der Waals surface area contributed by atoms with Gasteiger partial charge in [0.15, 0.2) is 0 Å². The predicted octanol–water partition coefficient (Wildman–Crippen LogP) is 2.38. The smallest absolute Gasteiger partial charge is 0.227 e. The minimum atomic E-state index is -0.304. The maximum atomic E-state index is 12.7. The van der Waals surface area contributed by atoms with Gasteiger partial charge in [-0.1, -0.05) is 22.0 Å². The van der Waals surface area contributed by atoms with Crippen LogP contribution in [-0.2, 0) is 9.59 Å². The number of carbonyl (C=O) groups is 2. The Kier molecular flexibility index (Phi) is 5.57. The zero-order valence-corrected chi connectivity index (χ0v) is 17.0. The number of aromatic nitrogens is 2. The molecule has 28 heavy (non-hydrogen) atoms. The molecule has 0 radical (unpaired) electrons. The first kappa shape index (κ1) is 18.9. The van der Waals surface area contributed by atoms with Gasteiger partial charge in [-0.25, -0.2) is 9.97 Å². The second kappa shape index (κ2) is 8.26. The van der Waals surface area contributed by atoms with E-state index in [-0.39, 0.29) is 30.2 Å². The molecule has 1 atom stereocenters. The molecule has 1 aromatic heterocycles. The number of benzene rings is 1. The van der Waals surface area contributed by atoms with Crippen molar-refractivity contribution in [2.45, 2.75) is 25.3 Å². The summed E-state index contributed by atoms with van der Waals surface area (Å²) in [5.41, 5.74) is 0.825. The van der Waals surface area contributed by atoms with Gasteiger partial charge in [0, 0.05) is 54.7 Å². The summed E-state index contributed by atoms with van der Waals surface area (Å²) in [6.45, 7) is 2.04. The Bertz CT molecular complexity index is 855. The lowest BCUT2D eigenvalue weighted by molar-refractivity contribution is -0.127. The number of nitrogens with one attached hydrogen (secondary N) is 1. The normalized spacial score (nSPS) is 20.5. The molecule has 2 fully saturated rings. The van der Waals surface area contributed by atoms with Gasteiger partial charge in [-0.2, -0.15) is 0 Å². The molecule has 0 spiro atoms. The van der Waals surface area contributed by atoms with E-state index in [1.54, 1.807) is 23.4 Å². The van der Waals surface area contributed by atoms with Crippen molar-refractivity contribution in [2.24, 2.45) is 5.92 Å². The Balaban J connectivity index is 1.31.